The number of carbonyl (C=O) groups excluding carboxylic acids is 3. The second-order valence-electron chi connectivity index (χ2n) is 7.94. The van der Waals surface area contributed by atoms with Crippen LogP contribution in [0.5, 0.6) is 0 Å². The molecule has 1 fully saturated rings. The van der Waals surface area contributed by atoms with Crippen LogP contribution in [0.15, 0.2) is 58.3 Å². The van der Waals surface area contributed by atoms with E-state index >= 15 is 0 Å². The SMILES string of the molecule is C[C@H](OC(=O)[C@@]12CCC(=O)N1c1ccccc1S2)C(=O)Nc1cccc(S(=O)(=O)N(C)C)c1. The third kappa shape index (κ3) is 4.00. The van der Waals surface area contributed by atoms with Gasteiger partial charge in [0, 0.05) is 37.5 Å². The molecule has 2 atom stereocenters. The predicted molar refractivity (Wildman–Crippen MR) is 123 cm³/mol. The Hall–Kier alpha value is -2.89. The van der Waals surface area contributed by atoms with E-state index in [4.69, 9.17) is 4.74 Å². The molecule has 1 saturated heterocycles. The first-order valence-corrected chi connectivity index (χ1v) is 12.5. The van der Waals surface area contributed by atoms with Crippen LogP contribution < -0.4 is 10.2 Å². The first-order chi connectivity index (χ1) is 15.6. The van der Waals surface area contributed by atoms with Crippen LogP contribution in [0.3, 0.4) is 0 Å². The van der Waals surface area contributed by atoms with E-state index in [9.17, 15) is 22.8 Å². The van der Waals surface area contributed by atoms with Crippen LogP contribution in [-0.2, 0) is 29.1 Å². The smallest absolute Gasteiger partial charge is 0.344 e. The summed E-state index contributed by atoms with van der Waals surface area (Å²) in [5.74, 6) is -1.45. The summed E-state index contributed by atoms with van der Waals surface area (Å²) in [4.78, 5) is 39.5. The number of hydrogen-bond donors (Lipinski definition) is 1. The van der Waals surface area contributed by atoms with Crippen molar-refractivity contribution in [2.45, 2.75) is 40.5 Å². The van der Waals surface area contributed by atoms with Crippen molar-refractivity contribution >= 4 is 50.9 Å². The van der Waals surface area contributed by atoms with Crippen LogP contribution in [-0.4, -0.2) is 55.6 Å². The van der Waals surface area contributed by atoms with E-state index in [1.807, 2.05) is 12.1 Å². The number of hydrogen-bond acceptors (Lipinski definition) is 7. The molecule has 0 spiro atoms. The number of nitrogens with one attached hydrogen (secondary N) is 1. The normalized spacial score (nSPS) is 20.4. The second-order valence-corrected chi connectivity index (χ2v) is 11.4. The highest BCUT2D eigenvalue weighted by atomic mass is 32.2. The van der Waals surface area contributed by atoms with Gasteiger partial charge in [-0.2, -0.15) is 0 Å². The van der Waals surface area contributed by atoms with Gasteiger partial charge >= 0.3 is 5.97 Å². The van der Waals surface area contributed by atoms with Crippen molar-refractivity contribution < 1.29 is 27.5 Å². The molecule has 174 valence electrons. The number of para-hydroxylation sites is 1. The summed E-state index contributed by atoms with van der Waals surface area (Å²) in [6.45, 7) is 1.43. The maximum atomic E-state index is 13.2. The monoisotopic (exact) mass is 489 g/mol. The standard InChI is InChI=1S/C22H23N3O6S2/c1-14(20(27)23-15-7-6-8-16(13-15)33(29,30)24(2)3)31-21(28)22-12-11-19(26)25(22)17-9-4-5-10-18(17)32-22/h4-10,13-14H,11-12H2,1-3H3,(H,23,27)/t14-,22-/m0/s1. The Morgan fingerprint density at radius 3 is 2.64 bits per heavy atom. The minimum atomic E-state index is -3.67. The summed E-state index contributed by atoms with van der Waals surface area (Å²) in [7, 11) is -0.842. The first kappa shape index (κ1) is 23.3. The molecule has 11 heteroatoms. The Labute approximate surface area is 196 Å². The molecule has 2 amide bonds. The largest absolute Gasteiger partial charge is 0.450 e. The molecule has 0 saturated carbocycles. The molecule has 4 rings (SSSR count). The van der Waals surface area contributed by atoms with Gasteiger partial charge in [0.1, 0.15) is 0 Å². The Morgan fingerprint density at radius 1 is 1.18 bits per heavy atom. The molecule has 1 N–H and O–H groups in total. The fourth-order valence-electron chi connectivity index (χ4n) is 3.77. The van der Waals surface area contributed by atoms with E-state index in [0.717, 1.165) is 9.20 Å². The number of nitrogens with zero attached hydrogens (tertiary/aromatic N) is 2. The van der Waals surface area contributed by atoms with Gasteiger partial charge in [0.25, 0.3) is 5.91 Å². The van der Waals surface area contributed by atoms with E-state index in [1.165, 1.54) is 55.9 Å². The van der Waals surface area contributed by atoms with E-state index in [0.29, 0.717) is 5.69 Å². The first-order valence-electron chi connectivity index (χ1n) is 10.2. The number of amides is 2. The molecule has 0 aromatic heterocycles. The average molecular weight is 490 g/mol. The number of ether oxygens (including phenoxy) is 1. The van der Waals surface area contributed by atoms with Crippen LogP contribution in [0, 0.1) is 0 Å². The third-order valence-electron chi connectivity index (χ3n) is 5.53. The van der Waals surface area contributed by atoms with E-state index in [-0.39, 0.29) is 29.3 Å². The Bertz CT molecular complexity index is 1250. The zero-order valence-electron chi connectivity index (χ0n) is 18.3. The van der Waals surface area contributed by atoms with Crippen molar-refractivity contribution in [2.75, 3.05) is 24.3 Å². The minimum Gasteiger partial charge on any atom is -0.450 e. The summed E-state index contributed by atoms with van der Waals surface area (Å²) in [5, 5.41) is 2.59. The van der Waals surface area contributed by atoms with Gasteiger partial charge in [0.15, 0.2) is 11.0 Å². The number of carbonyl (C=O) groups is 3. The lowest BCUT2D eigenvalue weighted by molar-refractivity contribution is -0.155. The van der Waals surface area contributed by atoms with Crippen LogP contribution >= 0.6 is 11.8 Å². The molecule has 0 unspecified atom stereocenters. The summed E-state index contributed by atoms with van der Waals surface area (Å²) >= 11 is 1.26. The molecule has 2 aromatic rings. The van der Waals surface area contributed by atoms with Crippen LogP contribution in [0.4, 0.5) is 11.4 Å². The molecule has 2 aliphatic rings. The van der Waals surface area contributed by atoms with E-state index < -0.39 is 32.9 Å². The molecular weight excluding hydrogens is 466 g/mol. The summed E-state index contributed by atoms with van der Waals surface area (Å²) in [5.41, 5.74) is 0.919. The van der Waals surface area contributed by atoms with Crippen molar-refractivity contribution in [1.82, 2.24) is 4.31 Å². The minimum absolute atomic E-state index is 0.0223. The molecule has 2 aliphatic heterocycles. The van der Waals surface area contributed by atoms with Gasteiger partial charge < -0.3 is 10.1 Å². The lowest BCUT2D eigenvalue weighted by atomic mass is 10.2. The summed E-state index contributed by atoms with van der Waals surface area (Å²) in [6.07, 6.45) is -0.671. The number of esters is 1. The van der Waals surface area contributed by atoms with Gasteiger partial charge in [0.2, 0.25) is 15.9 Å². The van der Waals surface area contributed by atoms with Crippen molar-refractivity contribution in [3.63, 3.8) is 0 Å². The number of thioether (sulfide) groups is 1. The van der Waals surface area contributed by atoms with Crippen LogP contribution in [0.1, 0.15) is 19.8 Å². The van der Waals surface area contributed by atoms with Gasteiger partial charge in [-0.3, -0.25) is 14.5 Å². The molecule has 2 heterocycles. The van der Waals surface area contributed by atoms with Gasteiger partial charge in [-0.15, -0.1) is 0 Å². The zero-order chi connectivity index (χ0) is 24.0. The van der Waals surface area contributed by atoms with Crippen LogP contribution in [0.25, 0.3) is 0 Å². The van der Waals surface area contributed by atoms with Gasteiger partial charge in [-0.05, 0) is 37.3 Å². The summed E-state index contributed by atoms with van der Waals surface area (Å²) in [6, 6.07) is 13.1. The highest BCUT2D eigenvalue weighted by molar-refractivity contribution is 8.02. The highest BCUT2D eigenvalue weighted by Crippen LogP contribution is 2.56. The van der Waals surface area contributed by atoms with Crippen molar-refractivity contribution in [1.29, 1.82) is 0 Å². The fourth-order valence-corrected chi connectivity index (χ4v) is 6.12. The molecule has 0 bridgehead atoms. The molecule has 2 aromatic carbocycles. The van der Waals surface area contributed by atoms with Gasteiger partial charge in [0.05, 0.1) is 10.6 Å². The highest BCUT2D eigenvalue weighted by Gasteiger charge is 2.59. The number of anilines is 2. The number of benzene rings is 2. The lowest BCUT2D eigenvalue weighted by Crippen LogP contribution is -2.49. The molecule has 0 aliphatic carbocycles. The molecule has 33 heavy (non-hydrogen) atoms. The predicted octanol–water partition coefficient (Wildman–Crippen LogP) is 2.44. The topological polar surface area (TPSA) is 113 Å². The molecule has 9 nitrogen and oxygen atoms in total. The Morgan fingerprint density at radius 2 is 1.91 bits per heavy atom. The Balaban J connectivity index is 1.48. The lowest BCUT2D eigenvalue weighted by Gasteiger charge is -2.29. The maximum Gasteiger partial charge on any atom is 0.344 e. The number of rotatable bonds is 6. The maximum absolute atomic E-state index is 13.2. The van der Waals surface area contributed by atoms with Crippen molar-refractivity contribution in [2.24, 2.45) is 0 Å². The van der Waals surface area contributed by atoms with Crippen molar-refractivity contribution in [3.8, 4) is 0 Å². The summed E-state index contributed by atoms with van der Waals surface area (Å²) < 4.78 is 31.2. The van der Waals surface area contributed by atoms with Gasteiger partial charge in [-0.1, -0.05) is 30.0 Å². The quantitative estimate of drug-likeness (QED) is 0.620. The second kappa shape index (κ2) is 8.47. The molecule has 0 radical (unpaired) electrons. The van der Waals surface area contributed by atoms with E-state index in [1.54, 1.807) is 18.2 Å². The average Bonchev–Trinajstić information content (AvgIpc) is 3.29. The van der Waals surface area contributed by atoms with Crippen LogP contribution in [0.2, 0.25) is 0 Å². The zero-order valence-corrected chi connectivity index (χ0v) is 19.9. The van der Waals surface area contributed by atoms with Gasteiger partial charge in [-0.25, -0.2) is 17.5 Å². The molecular formula is C22H23N3O6S2. The number of sulfonamides is 1. The fraction of sp³-hybridized carbons (Fsp3) is 0.318. The number of fused-ring (bicyclic) bond motifs is 3. The Kier molecular flexibility index (Phi) is 5.97. The third-order valence-corrected chi connectivity index (χ3v) is 8.79. The van der Waals surface area contributed by atoms with Crippen molar-refractivity contribution in [3.05, 3.63) is 48.5 Å². The van der Waals surface area contributed by atoms with E-state index in [2.05, 4.69) is 5.32 Å².